The molecule has 1 aromatic heterocycles. The van der Waals surface area contributed by atoms with Crippen molar-refractivity contribution < 1.29 is 9.53 Å². The molecular weight excluding hydrogens is 260 g/mol. The lowest BCUT2D eigenvalue weighted by molar-refractivity contribution is -0.142. The van der Waals surface area contributed by atoms with E-state index in [1.165, 1.54) is 19.3 Å². The molecule has 1 aromatic rings. The van der Waals surface area contributed by atoms with Gasteiger partial charge in [0.15, 0.2) is 5.13 Å². The normalized spacial score (nSPS) is 12.2. The van der Waals surface area contributed by atoms with Crippen LogP contribution < -0.4 is 5.32 Å². The molecule has 0 fully saturated rings. The number of hydrogen-bond donors (Lipinski definition) is 1. The number of carbonyl (C=O) groups excluding carboxylic acids is 1. The van der Waals surface area contributed by atoms with Crippen LogP contribution in [0.5, 0.6) is 0 Å². The van der Waals surface area contributed by atoms with Crippen LogP contribution in [0.15, 0.2) is 5.38 Å². The van der Waals surface area contributed by atoms with Crippen LogP contribution >= 0.6 is 11.3 Å². The molecule has 1 rings (SSSR count). The van der Waals surface area contributed by atoms with Crippen LogP contribution in [-0.4, -0.2) is 23.6 Å². The summed E-state index contributed by atoms with van der Waals surface area (Å²) >= 11 is 1.55. The summed E-state index contributed by atoms with van der Waals surface area (Å²) in [6.45, 7) is 6.61. The third kappa shape index (κ3) is 6.57. The molecule has 0 amide bonds. The molecule has 1 N–H and O–H groups in total. The maximum absolute atomic E-state index is 11.3. The Morgan fingerprint density at radius 2 is 2.26 bits per heavy atom. The molecule has 0 spiro atoms. The molecule has 5 heteroatoms. The Hall–Kier alpha value is -1.10. The van der Waals surface area contributed by atoms with Gasteiger partial charge in [-0.1, -0.05) is 26.2 Å². The molecule has 0 aliphatic rings. The first-order chi connectivity index (χ1) is 9.15. The van der Waals surface area contributed by atoms with Gasteiger partial charge in [0.25, 0.3) is 0 Å². The third-order valence-electron chi connectivity index (χ3n) is 2.79. The Bertz CT molecular complexity index is 379. The maximum Gasteiger partial charge on any atom is 0.311 e. The Balaban J connectivity index is 2.35. The number of aromatic nitrogens is 1. The van der Waals surface area contributed by atoms with Gasteiger partial charge in [-0.05, 0) is 20.3 Å². The fourth-order valence-electron chi connectivity index (χ4n) is 1.80. The lowest BCUT2D eigenvalue weighted by atomic mass is 10.1. The zero-order valence-electron chi connectivity index (χ0n) is 12.1. The highest BCUT2D eigenvalue weighted by molar-refractivity contribution is 7.13. The predicted molar refractivity (Wildman–Crippen MR) is 79.7 cm³/mol. The van der Waals surface area contributed by atoms with E-state index in [2.05, 4.69) is 24.1 Å². The summed E-state index contributed by atoms with van der Waals surface area (Å²) < 4.78 is 4.91. The number of carbonyl (C=O) groups is 1. The molecule has 0 saturated heterocycles. The van der Waals surface area contributed by atoms with E-state index in [-0.39, 0.29) is 12.4 Å². The van der Waals surface area contributed by atoms with Gasteiger partial charge in [-0.2, -0.15) is 0 Å². The van der Waals surface area contributed by atoms with Gasteiger partial charge < -0.3 is 10.1 Å². The average Bonchev–Trinajstić information content (AvgIpc) is 2.77. The molecule has 0 aliphatic heterocycles. The van der Waals surface area contributed by atoms with E-state index in [0.717, 1.165) is 17.2 Å². The number of anilines is 1. The van der Waals surface area contributed by atoms with Gasteiger partial charge >= 0.3 is 5.97 Å². The smallest absolute Gasteiger partial charge is 0.311 e. The van der Waals surface area contributed by atoms with Crippen molar-refractivity contribution in [1.82, 2.24) is 4.98 Å². The summed E-state index contributed by atoms with van der Waals surface area (Å²) in [6.07, 6.45) is 5.17. The molecule has 1 heterocycles. The Labute approximate surface area is 119 Å². The summed E-state index contributed by atoms with van der Waals surface area (Å²) in [5, 5.41) is 6.19. The highest BCUT2D eigenvalue weighted by atomic mass is 32.1. The number of rotatable bonds is 9. The molecule has 108 valence electrons. The second-order valence-electron chi connectivity index (χ2n) is 4.67. The van der Waals surface area contributed by atoms with E-state index in [0.29, 0.717) is 12.6 Å². The van der Waals surface area contributed by atoms with Crippen molar-refractivity contribution in [1.29, 1.82) is 0 Å². The van der Waals surface area contributed by atoms with Gasteiger partial charge in [0.1, 0.15) is 0 Å². The van der Waals surface area contributed by atoms with Crippen molar-refractivity contribution >= 4 is 22.4 Å². The minimum Gasteiger partial charge on any atom is -0.466 e. The predicted octanol–water partition coefficient (Wildman–Crippen LogP) is 3.63. The van der Waals surface area contributed by atoms with Crippen LogP contribution in [0.2, 0.25) is 0 Å². The Morgan fingerprint density at radius 1 is 1.47 bits per heavy atom. The first-order valence-corrected chi connectivity index (χ1v) is 7.90. The molecule has 0 bridgehead atoms. The summed E-state index contributed by atoms with van der Waals surface area (Å²) in [5.41, 5.74) is 0.784. The second-order valence-corrected chi connectivity index (χ2v) is 5.53. The molecule has 4 nitrogen and oxygen atoms in total. The number of nitrogens with one attached hydrogen (secondary N) is 1. The molecule has 1 unspecified atom stereocenters. The lowest BCUT2D eigenvalue weighted by Crippen LogP contribution is -2.15. The SMILES string of the molecule is CCCCCC(C)Nc1nc(CC(=O)OCC)cs1. The van der Waals surface area contributed by atoms with Gasteiger partial charge in [0.05, 0.1) is 18.7 Å². The quantitative estimate of drug-likeness (QED) is 0.556. The van der Waals surface area contributed by atoms with Crippen LogP contribution in [0.25, 0.3) is 0 Å². The van der Waals surface area contributed by atoms with Crippen molar-refractivity contribution in [2.24, 2.45) is 0 Å². The Kier molecular flexibility index (Phi) is 7.48. The van der Waals surface area contributed by atoms with Crippen LogP contribution in [0, 0.1) is 0 Å². The standard InChI is InChI=1S/C14H24N2O2S/c1-4-6-7-8-11(3)15-14-16-12(10-19-14)9-13(17)18-5-2/h10-11H,4-9H2,1-3H3,(H,15,16). The van der Waals surface area contributed by atoms with Crippen LogP contribution in [0.4, 0.5) is 5.13 Å². The van der Waals surface area contributed by atoms with Crippen LogP contribution in [-0.2, 0) is 16.0 Å². The van der Waals surface area contributed by atoms with E-state index >= 15 is 0 Å². The van der Waals surface area contributed by atoms with E-state index in [9.17, 15) is 4.79 Å². The minimum atomic E-state index is -0.213. The number of hydrogen-bond acceptors (Lipinski definition) is 5. The molecule has 0 radical (unpaired) electrons. The molecule has 0 saturated carbocycles. The van der Waals surface area contributed by atoms with E-state index in [1.54, 1.807) is 11.3 Å². The maximum atomic E-state index is 11.3. The highest BCUT2D eigenvalue weighted by Crippen LogP contribution is 2.18. The highest BCUT2D eigenvalue weighted by Gasteiger charge is 2.09. The Morgan fingerprint density at radius 3 is 2.95 bits per heavy atom. The largest absolute Gasteiger partial charge is 0.466 e. The number of ether oxygens (including phenoxy) is 1. The molecule has 0 aromatic carbocycles. The third-order valence-corrected chi connectivity index (χ3v) is 3.62. The zero-order chi connectivity index (χ0) is 14.1. The van der Waals surface area contributed by atoms with Crippen molar-refractivity contribution in [2.75, 3.05) is 11.9 Å². The summed E-state index contributed by atoms with van der Waals surface area (Å²) in [6, 6.07) is 0.424. The van der Waals surface area contributed by atoms with Gasteiger partial charge in [0.2, 0.25) is 0 Å². The first kappa shape index (κ1) is 16.0. The summed E-state index contributed by atoms with van der Waals surface area (Å²) in [5.74, 6) is -0.213. The van der Waals surface area contributed by atoms with Gasteiger partial charge in [-0.3, -0.25) is 4.79 Å². The van der Waals surface area contributed by atoms with E-state index in [4.69, 9.17) is 4.74 Å². The summed E-state index contributed by atoms with van der Waals surface area (Å²) in [7, 11) is 0. The monoisotopic (exact) mass is 284 g/mol. The van der Waals surface area contributed by atoms with Crippen LogP contribution in [0.3, 0.4) is 0 Å². The molecular formula is C14H24N2O2S. The van der Waals surface area contributed by atoms with E-state index < -0.39 is 0 Å². The van der Waals surface area contributed by atoms with Crippen molar-refractivity contribution in [3.63, 3.8) is 0 Å². The molecule has 1 atom stereocenters. The number of unbranched alkanes of at least 4 members (excludes halogenated alkanes) is 2. The topological polar surface area (TPSA) is 51.2 Å². The molecule has 19 heavy (non-hydrogen) atoms. The lowest BCUT2D eigenvalue weighted by Gasteiger charge is -2.11. The molecule has 0 aliphatic carbocycles. The van der Waals surface area contributed by atoms with Gasteiger partial charge in [0, 0.05) is 11.4 Å². The number of nitrogens with zero attached hydrogens (tertiary/aromatic N) is 1. The second kappa shape index (κ2) is 8.91. The van der Waals surface area contributed by atoms with Crippen molar-refractivity contribution in [2.45, 2.75) is 58.9 Å². The fourth-order valence-corrected chi connectivity index (χ4v) is 2.62. The van der Waals surface area contributed by atoms with Crippen molar-refractivity contribution in [3.8, 4) is 0 Å². The van der Waals surface area contributed by atoms with Gasteiger partial charge in [-0.15, -0.1) is 11.3 Å². The summed E-state index contributed by atoms with van der Waals surface area (Å²) in [4.78, 5) is 15.7. The van der Waals surface area contributed by atoms with Crippen molar-refractivity contribution in [3.05, 3.63) is 11.1 Å². The number of esters is 1. The van der Waals surface area contributed by atoms with E-state index in [1.807, 2.05) is 12.3 Å². The zero-order valence-corrected chi connectivity index (χ0v) is 12.9. The fraction of sp³-hybridized carbons (Fsp3) is 0.714. The van der Waals surface area contributed by atoms with Gasteiger partial charge in [-0.25, -0.2) is 4.98 Å². The van der Waals surface area contributed by atoms with Crippen LogP contribution in [0.1, 0.15) is 52.1 Å². The first-order valence-electron chi connectivity index (χ1n) is 7.02. The number of thiazole rings is 1. The average molecular weight is 284 g/mol. The minimum absolute atomic E-state index is 0.213.